The van der Waals surface area contributed by atoms with Crippen LogP contribution in [0.25, 0.3) is 22.6 Å². The molecule has 4 aromatic rings. The molecule has 0 spiro atoms. The summed E-state index contributed by atoms with van der Waals surface area (Å²) in [7, 11) is 0. The minimum atomic E-state index is -1.07. The number of piperidine rings is 1. The second-order valence-corrected chi connectivity index (χ2v) is 8.68. The molecule has 1 aliphatic heterocycles. The number of carboxylic acid groups (broad SMARTS) is 1. The van der Waals surface area contributed by atoms with Gasteiger partial charge in [0.25, 0.3) is 5.91 Å². The van der Waals surface area contributed by atoms with E-state index in [-0.39, 0.29) is 11.9 Å². The number of likely N-dealkylation sites (tertiary alicyclic amines) is 1. The van der Waals surface area contributed by atoms with Crippen LogP contribution >= 0.6 is 0 Å². The van der Waals surface area contributed by atoms with Crippen molar-refractivity contribution in [2.24, 2.45) is 0 Å². The van der Waals surface area contributed by atoms with Crippen molar-refractivity contribution in [2.45, 2.75) is 25.3 Å². The zero-order chi connectivity index (χ0) is 24.9. The third kappa shape index (κ3) is 5.00. The van der Waals surface area contributed by atoms with E-state index in [2.05, 4.69) is 0 Å². The van der Waals surface area contributed by atoms with Gasteiger partial charge in [-0.3, -0.25) is 4.79 Å². The molecule has 0 aliphatic carbocycles. The van der Waals surface area contributed by atoms with Gasteiger partial charge in [0.1, 0.15) is 17.5 Å². The van der Waals surface area contributed by atoms with Gasteiger partial charge in [-0.15, -0.1) is 0 Å². The molecule has 1 unspecified atom stereocenters. The molecule has 36 heavy (non-hydrogen) atoms. The minimum absolute atomic E-state index is 0.166. The number of hydrogen-bond donors (Lipinski definition) is 1. The smallest absolute Gasteiger partial charge is 0.341 e. The van der Waals surface area contributed by atoms with E-state index >= 15 is 0 Å². The van der Waals surface area contributed by atoms with Crippen LogP contribution in [0.3, 0.4) is 0 Å². The standard InChI is InChI=1S/C29H26N2O5/c32-25(33)19-35-23-15-9-14-22(18-23)29(34)31-17-8-7-16-24(31)28-30-26(20-10-3-1-4-11-20)27(36-28)21-12-5-2-6-13-21/h1-6,9-15,18,24H,7-8,16-17,19H2,(H,32,33). The fourth-order valence-electron chi connectivity index (χ4n) is 4.52. The molecule has 0 radical (unpaired) electrons. The fraction of sp³-hybridized carbons (Fsp3) is 0.207. The monoisotopic (exact) mass is 482 g/mol. The Bertz CT molecular complexity index is 1290. The summed E-state index contributed by atoms with van der Waals surface area (Å²) in [6.45, 7) is 0.109. The van der Waals surface area contributed by atoms with Crippen LogP contribution in [-0.4, -0.2) is 40.0 Å². The van der Waals surface area contributed by atoms with Gasteiger partial charge >= 0.3 is 5.97 Å². The van der Waals surface area contributed by atoms with Crippen molar-refractivity contribution in [3.8, 4) is 28.3 Å². The lowest BCUT2D eigenvalue weighted by Gasteiger charge is -2.34. The lowest BCUT2D eigenvalue weighted by molar-refractivity contribution is -0.139. The van der Waals surface area contributed by atoms with Crippen molar-refractivity contribution in [1.29, 1.82) is 0 Å². The van der Waals surface area contributed by atoms with Crippen molar-refractivity contribution in [3.05, 3.63) is 96.4 Å². The Morgan fingerprint density at radius 3 is 2.39 bits per heavy atom. The number of ether oxygens (including phenoxy) is 1. The number of rotatable bonds is 7. The Hall–Kier alpha value is -4.39. The first kappa shape index (κ1) is 23.4. The maximum atomic E-state index is 13.6. The molecule has 7 nitrogen and oxygen atoms in total. The van der Waals surface area contributed by atoms with Crippen molar-refractivity contribution >= 4 is 11.9 Å². The van der Waals surface area contributed by atoms with Gasteiger partial charge in [0.15, 0.2) is 12.4 Å². The Morgan fingerprint density at radius 1 is 0.944 bits per heavy atom. The highest BCUT2D eigenvalue weighted by molar-refractivity contribution is 5.95. The van der Waals surface area contributed by atoms with Crippen LogP contribution in [0.2, 0.25) is 0 Å². The fourth-order valence-corrected chi connectivity index (χ4v) is 4.52. The van der Waals surface area contributed by atoms with Crippen LogP contribution in [0.5, 0.6) is 5.75 Å². The van der Waals surface area contributed by atoms with E-state index in [1.54, 1.807) is 29.2 Å². The molecular formula is C29H26N2O5. The Labute approximate surface area is 209 Å². The van der Waals surface area contributed by atoms with Crippen LogP contribution in [0.4, 0.5) is 0 Å². The predicted octanol–water partition coefficient (Wildman–Crippen LogP) is 5.84. The van der Waals surface area contributed by atoms with E-state index in [0.29, 0.717) is 29.5 Å². The first-order chi connectivity index (χ1) is 17.6. The Kier molecular flexibility index (Phi) is 6.80. The molecule has 1 amide bonds. The minimum Gasteiger partial charge on any atom is -0.482 e. The maximum Gasteiger partial charge on any atom is 0.341 e. The van der Waals surface area contributed by atoms with E-state index < -0.39 is 12.6 Å². The van der Waals surface area contributed by atoms with Gasteiger partial charge in [-0.1, -0.05) is 66.7 Å². The average Bonchev–Trinajstić information content (AvgIpc) is 3.38. The SMILES string of the molecule is O=C(O)COc1cccc(C(=O)N2CCCCC2c2nc(-c3ccccc3)c(-c3ccccc3)o2)c1. The number of hydrogen-bond acceptors (Lipinski definition) is 5. The molecule has 1 aliphatic rings. The summed E-state index contributed by atoms with van der Waals surface area (Å²) in [4.78, 5) is 31.2. The average molecular weight is 483 g/mol. The summed E-state index contributed by atoms with van der Waals surface area (Å²) in [5, 5.41) is 8.89. The molecular weight excluding hydrogens is 456 g/mol. The second-order valence-electron chi connectivity index (χ2n) is 8.68. The molecule has 3 aromatic carbocycles. The third-order valence-electron chi connectivity index (χ3n) is 6.22. The number of aromatic nitrogens is 1. The lowest BCUT2D eigenvalue weighted by Crippen LogP contribution is -2.38. The van der Waals surface area contributed by atoms with Crippen LogP contribution in [0.15, 0.2) is 89.3 Å². The predicted molar refractivity (Wildman–Crippen MR) is 135 cm³/mol. The van der Waals surface area contributed by atoms with Gasteiger partial charge < -0.3 is 19.2 Å². The zero-order valence-corrected chi connectivity index (χ0v) is 19.7. The van der Waals surface area contributed by atoms with Crippen molar-refractivity contribution < 1.29 is 23.8 Å². The van der Waals surface area contributed by atoms with Gasteiger partial charge in [0.2, 0.25) is 5.89 Å². The van der Waals surface area contributed by atoms with Crippen molar-refractivity contribution in [1.82, 2.24) is 9.88 Å². The second kappa shape index (κ2) is 10.5. The Morgan fingerprint density at radius 2 is 1.67 bits per heavy atom. The van der Waals surface area contributed by atoms with Gasteiger partial charge in [0.05, 0.1) is 0 Å². The molecule has 7 heteroatoms. The number of oxazole rings is 1. The summed E-state index contributed by atoms with van der Waals surface area (Å²) in [5.41, 5.74) is 3.05. The summed E-state index contributed by atoms with van der Waals surface area (Å²) < 4.78 is 11.7. The molecule has 2 heterocycles. The van der Waals surface area contributed by atoms with Crippen LogP contribution in [0, 0.1) is 0 Å². The zero-order valence-electron chi connectivity index (χ0n) is 19.7. The summed E-state index contributed by atoms with van der Waals surface area (Å²) in [5.74, 6) is 0.292. The highest BCUT2D eigenvalue weighted by atomic mass is 16.5. The quantitative estimate of drug-likeness (QED) is 0.356. The molecule has 1 atom stereocenters. The molecule has 0 saturated carbocycles. The molecule has 1 aromatic heterocycles. The van der Waals surface area contributed by atoms with Gasteiger partial charge in [0, 0.05) is 23.2 Å². The summed E-state index contributed by atoms with van der Waals surface area (Å²) in [6.07, 6.45) is 2.58. The van der Waals surface area contributed by atoms with E-state index in [0.717, 1.165) is 36.1 Å². The largest absolute Gasteiger partial charge is 0.482 e. The molecule has 1 saturated heterocycles. The number of nitrogens with zero attached hydrogens (tertiary/aromatic N) is 2. The number of aliphatic carboxylic acids is 1. The Balaban J connectivity index is 1.49. The van der Waals surface area contributed by atoms with E-state index in [9.17, 15) is 9.59 Å². The van der Waals surface area contributed by atoms with Gasteiger partial charge in [-0.05, 0) is 37.5 Å². The first-order valence-electron chi connectivity index (χ1n) is 12.0. The summed E-state index contributed by atoms with van der Waals surface area (Å²) in [6, 6.07) is 26.1. The molecule has 182 valence electrons. The number of carbonyl (C=O) groups is 2. The highest BCUT2D eigenvalue weighted by Crippen LogP contribution is 2.39. The molecule has 1 N–H and O–H groups in total. The lowest BCUT2D eigenvalue weighted by atomic mass is 10.0. The van der Waals surface area contributed by atoms with Crippen molar-refractivity contribution in [2.75, 3.05) is 13.2 Å². The van der Waals surface area contributed by atoms with E-state index in [1.165, 1.54) is 0 Å². The number of carbonyl (C=O) groups excluding carboxylic acids is 1. The van der Waals surface area contributed by atoms with Crippen molar-refractivity contribution in [3.63, 3.8) is 0 Å². The number of amides is 1. The van der Waals surface area contributed by atoms with Crippen LogP contribution < -0.4 is 4.74 Å². The number of carboxylic acids is 1. The number of benzene rings is 3. The van der Waals surface area contributed by atoms with E-state index in [4.69, 9.17) is 19.2 Å². The highest BCUT2D eigenvalue weighted by Gasteiger charge is 2.33. The maximum absolute atomic E-state index is 13.6. The van der Waals surface area contributed by atoms with Gasteiger partial charge in [-0.2, -0.15) is 0 Å². The van der Waals surface area contributed by atoms with E-state index in [1.807, 2.05) is 60.7 Å². The third-order valence-corrected chi connectivity index (χ3v) is 6.22. The van der Waals surface area contributed by atoms with Crippen LogP contribution in [0.1, 0.15) is 41.6 Å². The molecule has 5 rings (SSSR count). The topological polar surface area (TPSA) is 92.9 Å². The van der Waals surface area contributed by atoms with Crippen LogP contribution in [-0.2, 0) is 4.79 Å². The van der Waals surface area contributed by atoms with Gasteiger partial charge in [-0.25, -0.2) is 9.78 Å². The summed E-state index contributed by atoms with van der Waals surface area (Å²) >= 11 is 0. The first-order valence-corrected chi connectivity index (χ1v) is 12.0. The molecule has 0 bridgehead atoms. The molecule has 1 fully saturated rings. The normalized spacial score (nSPS) is 15.4.